The smallest absolute Gasteiger partial charge is 0.160 e. The lowest BCUT2D eigenvalue weighted by atomic mass is 10.2. The molecule has 0 radical (unpaired) electrons. The number of nitrogens with zero attached hydrogens (tertiary/aromatic N) is 3. The molecule has 2 N–H and O–H groups in total. The zero-order valence-electron chi connectivity index (χ0n) is 12.7. The Kier molecular flexibility index (Phi) is 4.18. The van der Waals surface area contributed by atoms with Crippen molar-refractivity contribution in [2.45, 2.75) is 20.4 Å². The number of benzene rings is 1. The topological polar surface area (TPSA) is 75.7 Å². The number of fused-ring (bicyclic) bond motifs is 1. The molecule has 6 heteroatoms. The minimum absolute atomic E-state index is 0.511. The second-order valence-electron chi connectivity index (χ2n) is 5.56. The molecule has 2 heterocycles. The highest BCUT2D eigenvalue weighted by molar-refractivity contribution is 5.85. The third kappa shape index (κ3) is 3.33. The maximum absolute atomic E-state index is 5.75. The summed E-state index contributed by atoms with van der Waals surface area (Å²) in [5.74, 6) is 2.17. The van der Waals surface area contributed by atoms with E-state index in [0.29, 0.717) is 12.5 Å². The van der Waals surface area contributed by atoms with Crippen molar-refractivity contribution in [2.24, 2.45) is 5.92 Å². The van der Waals surface area contributed by atoms with Gasteiger partial charge in [0, 0.05) is 6.54 Å². The first-order valence-corrected chi connectivity index (χ1v) is 7.32. The molecule has 0 atom stereocenters. The van der Waals surface area contributed by atoms with E-state index in [-0.39, 0.29) is 0 Å². The normalized spacial score (nSPS) is 11.0. The fourth-order valence-electron chi connectivity index (χ4n) is 2.10. The third-order valence-electron chi connectivity index (χ3n) is 3.19. The van der Waals surface area contributed by atoms with E-state index < -0.39 is 0 Å². The largest absolute Gasteiger partial charge is 0.493 e. The summed E-state index contributed by atoms with van der Waals surface area (Å²) in [6, 6.07) is 8.08. The number of aromatic amines is 1. The van der Waals surface area contributed by atoms with E-state index in [0.717, 1.165) is 34.8 Å². The van der Waals surface area contributed by atoms with Gasteiger partial charge in [0.05, 0.1) is 18.2 Å². The Bertz CT molecular complexity index is 753. The van der Waals surface area contributed by atoms with Crippen LogP contribution in [0, 0.1) is 5.92 Å². The number of hydrogen-bond donors (Lipinski definition) is 2. The van der Waals surface area contributed by atoms with Crippen molar-refractivity contribution < 1.29 is 4.74 Å². The van der Waals surface area contributed by atoms with Gasteiger partial charge in [-0.2, -0.15) is 5.10 Å². The van der Waals surface area contributed by atoms with Crippen LogP contribution in [0.25, 0.3) is 11.0 Å². The molecular weight excluding hydrogens is 278 g/mol. The number of H-pyrrole nitrogens is 1. The first kappa shape index (κ1) is 14.3. The molecule has 0 bridgehead atoms. The van der Waals surface area contributed by atoms with Crippen LogP contribution >= 0.6 is 0 Å². The van der Waals surface area contributed by atoms with Crippen molar-refractivity contribution in [3.8, 4) is 5.75 Å². The van der Waals surface area contributed by atoms with Gasteiger partial charge in [-0.25, -0.2) is 9.97 Å². The average molecular weight is 297 g/mol. The van der Waals surface area contributed by atoms with Gasteiger partial charge in [0.15, 0.2) is 5.65 Å². The average Bonchev–Trinajstić information content (AvgIpc) is 3.00. The second-order valence-corrected chi connectivity index (χ2v) is 5.56. The molecule has 0 aliphatic carbocycles. The van der Waals surface area contributed by atoms with Crippen LogP contribution < -0.4 is 10.1 Å². The van der Waals surface area contributed by atoms with Gasteiger partial charge >= 0.3 is 0 Å². The monoisotopic (exact) mass is 297 g/mol. The zero-order valence-corrected chi connectivity index (χ0v) is 12.7. The Morgan fingerprint density at radius 1 is 1.27 bits per heavy atom. The van der Waals surface area contributed by atoms with E-state index in [2.05, 4.69) is 45.4 Å². The Morgan fingerprint density at radius 2 is 2.18 bits per heavy atom. The molecule has 6 nitrogen and oxygen atoms in total. The second kappa shape index (κ2) is 6.43. The van der Waals surface area contributed by atoms with Gasteiger partial charge in [0.25, 0.3) is 0 Å². The molecule has 3 aromatic rings. The van der Waals surface area contributed by atoms with E-state index in [1.54, 1.807) is 6.20 Å². The lowest BCUT2D eigenvalue weighted by molar-refractivity contribution is 0.271. The summed E-state index contributed by atoms with van der Waals surface area (Å²) < 4.78 is 5.75. The van der Waals surface area contributed by atoms with Crippen LogP contribution in [0.15, 0.2) is 36.8 Å². The number of hydrogen-bond acceptors (Lipinski definition) is 5. The molecule has 22 heavy (non-hydrogen) atoms. The molecule has 0 saturated carbocycles. The fourth-order valence-corrected chi connectivity index (χ4v) is 2.10. The number of aromatic nitrogens is 4. The molecule has 0 spiro atoms. The molecule has 0 amide bonds. The molecule has 0 fully saturated rings. The SMILES string of the molecule is CC(C)COc1cccc(CNc2ncnc3[nH]ncc23)c1. The van der Waals surface area contributed by atoms with Gasteiger partial charge in [-0.15, -0.1) is 0 Å². The van der Waals surface area contributed by atoms with Crippen molar-refractivity contribution in [1.82, 2.24) is 20.2 Å². The Balaban J connectivity index is 1.68. The lowest BCUT2D eigenvalue weighted by Crippen LogP contribution is -2.05. The van der Waals surface area contributed by atoms with Crippen LogP contribution in [0.2, 0.25) is 0 Å². The van der Waals surface area contributed by atoms with Gasteiger partial charge in [-0.05, 0) is 23.6 Å². The third-order valence-corrected chi connectivity index (χ3v) is 3.19. The highest BCUT2D eigenvalue weighted by atomic mass is 16.5. The summed E-state index contributed by atoms with van der Waals surface area (Å²) >= 11 is 0. The summed E-state index contributed by atoms with van der Waals surface area (Å²) in [6.45, 7) is 5.65. The minimum atomic E-state index is 0.511. The van der Waals surface area contributed by atoms with Crippen molar-refractivity contribution >= 4 is 16.9 Å². The fraction of sp³-hybridized carbons (Fsp3) is 0.312. The number of rotatable bonds is 6. The van der Waals surface area contributed by atoms with E-state index in [1.807, 2.05) is 18.2 Å². The Labute approximate surface area is 128 Å². The molecule has 3 rings (SSSR count). The van der Waals surface area contributed by atoms with Gasteiger partial charge in [0.1, 0.15) is 17.9 Å². The highest BCUT2D eigenvalue weighted by Gasteiger charge is 2.05. The molecule has 1 aromatic carbocycles. The quantitative estimate of drug-likeness (QED) is 0.731. The summed E-state index contributed by atoms with van der Waals surface area (Å²) in [5.41, 5.74) is 1.86. The molecule has 0 aliphatic rings. The van der Waals surface area contributed by atoms with Crippen LogP contribution in [0.1, 0.15) is 19.4 Å². The van der Waals surface area contributed by atoms with Crippen molar-refractivity contribution in [1.29, 1.82) is 0 Å². The van der Waals surface area contributed by atoms with E-state index in [1.165, 1.54) is 6.33 Å². The van der Waals surface area contributed by atoms with Crippen molar-refractivity contribution in [3.63, 3.8) is 0 Å². The molecule has 0 saturated heterocycles. The summed E-state index contributed by atoms with van der Waals surface area (Å²) in [6.07, 6.45) is 3.24. The number of nitrogens with one attached hydrogen (secondary N) is 2. The van der Waals surface area contributed by atoms with Crippen molar-refractivity contribution in [2.75, 3.05) is 11.9 Å². The highest BCUT2D eigenvalue weighted by Crippen LogP contribution is 2.19. The maximum atomic E-state index is 5.75. The van der Waals surface area contributed by atoms with E-state index >= 15 is 0 Å². The minimum Gasteiger partial charge on any atom is -0.493 e. The molecule has 2 aromatic heterocycles. The summed E-state index contributed by atoms with van der Waals surface area (Å²) in [7, 11) is 0. The van der Waals surface area contributed by atoms with Gasteiger partial charge in [-0.3, -0.25) is 5.10 Å². The maximum Gasteiger partial charge on any atom is 0.160 e. The van der Waals surface area contributed by atoms with Crippen molar-refractivity contribution in [3.05, 3.63) is 42.4 Å². The predicted octanol–water partition coefficient (Wildman–Crippen LogP) is 3.00. The van der Waals surface area contributed by atoms with Crippen LogP contribution in [0.5, 0.6) is 5.75 Å². The van der Waals surface area contributed by atoms with Crippen LogP contribution in [-0.4, -0.2) is 26.8 Å². The van der Waals surface area contributed by atoms with Gasteiger partial charge < -0.3 is 10.1 Å². The van der Waals surface area contributed by atoms with Crippen LogP contribution in [-0.2, 0) is 6.54 Å². The van der Waals surface area contributed by atoms with Gasteiger partial charge in [0.2, 0.25) is 0 Å². The lowest BCUT2D eigenvalue weighted by Gasteiger charge is -2.11. The van der Waals surface area contributed by atoms with Gasteiger partial charge in [-0.1, -0.05) is 26.0 Å². The van der Waals surface area contributed by atoms with E-state index in [4.69, 9.17) is 4.74 Å². The summed E-state index contributed by atoms with van der Waals surface area (Å²) in [4.78, 5) is 8.39. The first-order chi connectivity index (χ1) is 10.7. The standard InChI is InChI=1S/C16H19N5O/c1-11(2)9-22-13-5-3-4-12(6-13)7-17-15-14-8-20-21-16(14)19-10-18-15/h3-6,8,10-11H,7,9H2,1-2H3,(H2,17,18,19,20,21). The molecular formula is C16H19N5O. The first-order valence-electron chi connectivity index (χ1n) is 7.32. The van der Waals surface area contributed by atoms with Crippen LogP contribution in [0.3, 0.4) is 0 Å². The Morgan fingerprint density at radius 3 is 3.05 bits per heavy atom. The molecule has 114 valence electrons. The molecule has 0 aliphatic heterocycles. The number of ether oxygens (including phenoxy) is 1. The Hall–Kier alpha value is -2.63. The summed E-state index contributed by atoms with van der Waals surface area (Å²) in [5, 5.41) is 11.0. The van der Waals surface area contributed by atoms with Crippen LogP contribution in [0.4, 0.5) is 5.82 Å². The zero-order chi connectivity index (χ0) is 15.4. The molecule has 0 unspecified atom stereocenters. The predicted molar refractivity (Wildman–Crippen MR) is 85.8 cm³/mol. The van der Waals surface area contributed by atoms with E-state index in [9.17, 15) is 0 Å². The number of anilines is 1.